The molecule has 0 aliphatic carbocycles. The Morgan fingerprint density at radius 2 is 1.68 bits per heavy atom. The Hall–Kier alpha value is -2.37. The standard InChI is InChI=1S/C17H16F4N2.C2H6/c1-10(2)16(22)9-13-7-12(5-6-23-13)11-3-4-15(18)14(8-11)17(19,20)21;1-2/h3-10H,22H2,1-2H3;1-2H3/b16-9-;. The number of allylic oxidation sites excluding steroid dienone is 1. The molecule has 0 bridgehead atoms. The summed E-state index contributed by atoms with van der Waals surface area (Å²) in [5.41, 5.74) is 6.49. The minimum Gasteiger partial charge on any atom is -0.402 e. The quantitative estimate of drug-likeness (QED) is 0.698. The Morgan fingerprint density at radius 3 is 2.24 bits per heavy atom. The van der Waals surface area contributed by atoms with Gasteiger partial charge in [-0.1, -0.05) is 33.8 Å². The molecule has 0 saturated heterocycles. The van der Waals surface area contributed by atoms with E-state index in [1.807, 2.05) is 27.7 Å². The molecule has 0 fully saturated rings. The van der Waals surface area contributed by atoms with Crippen molar-refractivity contribution < 1.29 is 17.6 Å². The van der Waals surface area contributed by atoms with Crippen LogP contribution in [0.5, 0.6) is 0 Å². The van der Waals surface area contributed by atoms with Crippen molar-refractivity contribution >= 4 is 6.08 Å². The first-order valence-corrected chi connectivity index (χ1v) is 7.98. The fourth-order valence-electron chi connectivity index (χ4n) is 1.97. The van der Waals surface area contributed by atoms with Gasteiger partial charge in [0.2, 0.25) is 0 Å². The minimum absolute atomic E-state index is 0.128. The van der Waals surface area contributed by atoms with Crippen molar-refractivity contribution in [3.63, 3.8) is 0 Å². The van der Waals surface area contributed by atoms with Crippen molar-refractivity contribution in [1.82, 2.24) is 4.98 Å². The van der Waals surface area contributed by atoms with Gasteiger partial charge < -0.3 is 5.73 Å². The highest BCUT2D eigenvalue weighted by Gasteiger charge is 2.34. The SMILES string of the molecule is CC.CC(C)/C(N)=C/c1cc(-c2ccc(F)c(C(F)(F)F)c2)ccn1. The number of pyridine rings is 1. The number of hydrogen-bond donors (Lipinski definition) is 1. The van der Waals surface area contributed by atoms with E-state index in [-0.39, 0.29) is 11.5 Å². The number of aromatic nitrogens is 1. The Morgan fingerprint density at radius 1 is 1.08 bits per heavy atom. The maximum absolute atomic E-state index is 13.4. The zero-order valence-electron chi connectivity index (χ0n) is 14.7. The van der Waals surface area contributed by atoms with Crippen LogP contribution >= 0.6 is 0 Å². The van der Waals surface area contributed by atoms with Crippen molar-refractivity contribution in [3.05, 3.63) is 59.3 Å². The molecular formula is C19H22F4N2. The molecule has 0 saturated carbocycles. The summed E-state index contributed by atoms with van der Waals surface area (Å²) < 4.78 is 51.8. The summed E-state index contributed by atoms with van der Waals surface area (Å²) in [7, 11) is 0. The van der Waals surface area contributed by atoms with Crippen molar-refractivity contribution in [2.45, 2.75) is 33.9 Å². The van der Waals surface area contributed by atoms with E-state index in [2.05, 4.69) is 4.98 Å². The van der Waals surface area contributed by atoms with E-state index in [0.29, 0.717) is 17.0 Å². The van der Waals surface area contributed by atoms with Gasteiger partial charge in [0.05, 0.1) is 11.3 Å². The number of halogens is 4. The molecule has 25 heavy (non-hydrogen) atoms. The number of hydrogen-bond acceptors (Lipinski definition) is 2. The van der Waals surface area contributed by atoms with Crippen molar-refractivity contribution in [3.8, 4) is 11.1 Å². The lowest BCUT2D eigenvalue weighted by Gasteiger charge is -2.11. The van der Waals surface area contributed by atoms with Gasteiger partial charge in [-0.15, -0.1) is 0 Å². The lowest BCUT2D eigenvalue weighted by molar-refractivity contribution is -0.139. The summed E-state index contributed by atoms with van der Waals surface area (Å²) in [5.74, 6) is -1.16. The molecule has 0 unspecified atom stereocenters. The second kappa shape index (κ2) is 8.65. The summed E-state index contributed by atoms with van der Waals surface area (Å²) >= 11 is 0. The predicted molar refractivity (Wildman–Crippen MR) is 93.0 cm³/mol. The maximum Gasteiger partial charge on any atom is 0.419 e. The third kappa shape index (κ3) is 5.59. The summed E-state index contributed by atoms with van der Waals surface area (Å²) in [6.07, 6.45) is -1.59. The van der Waals surface area contributed by atoms with Crippen LogP contribution in [0.15, 0.2) is 42.2 Å². The molecule has 1 aromatic heterocycles. The van der Waals surface area contributed by atoms with Crippen LogP contribution in [0, 0.1) is 11.7 Å². The molecule has 1 heterocycles. The first-order chi connectivity index (χ1) is 11.7. The summed E-state index contributed by atoms with van der Waals surface area (Å²) in [4.78, 5) is 4.12. The second-order valence-corrected chi connectivity index (χ2v) is 5.46. The van der Waals surface area contributed by atoms with Gasteiger partial charge in [0, 0.05) is 11.9 Å². The van der Waals surface area contributed by atoms with Gasteiger partial charge in [-0.2, -0.15) is 13.2 Å². The average Bonchev–Trinajstić information content (AvgIpc) is 2.56. The smallest absolute Gasteiger partial charge is 0.402 e. The Balaban J connectivity index is 0.00000151. The molecular weight excluding hydrogens is 332 g/mol. The van der Waals surface area contributed by atoms with Crippen molar-refractivity contribution in [2.24, 2.45) is 11.7 Å². The number of nitrogens with two attached hydrogens (primary N) is 1. The van der Waals surface area contributed by atoms with Crippen molar-refractivity contribution in [1.29, 1.82) is 0 Å². The molecule has 0 spiro atoms. The normalized spacial score (nSPS) is 12.0. The summed E-state index contributed by atoms with van der Waals surface area (Å²) in [6.45, 7) is 7.84. The first kappa shape index (κ1) is 20.7. The Kier molecular flexibility index (Phi) is 7.15. The van der Waals surface area contributed by atoms with E-state index in [1.54, 1.807) is 18.2 Å². The van der Waals surface area contributed by atoms with Crippen LogP contribution in [0.2, 0.25) is 0 Å². The second-order valence-electron chi connectivity index (χ2n) is 5.46. The van der Waals surface area contributed by atoms with E-state index in [0.717, 1.165) is 12.1 Å². The van der Waals surface area contributed by atoms with Crippen LogP contribution in [0.25, 0.3) is 17.2 Å². The predicted octanol–water partition coefficient (Wildman–Crippen LogP) is 5.89. The molecule has 0 amide bonds. The first-order valence-electron chi connectivity index (χ1n) is 7.98. The van der Waals surface area contributed by atoms with E-state index >= 15 is 0 Å². The molecule has 6 heteroatoms. The van der Waals surface area contributed by atoms with Gasteiger partial charge >= 0.3 is 6.18 Å². The number of rotatable bonds is 3. The van der Waals surface area contributed by atoms with Crippen LogP contribution in [-0.2, 0) is 6.18 Å². The summed E-state index contributed by atoms with van der Waals surface area (Å²) in [6, 6.07) is 6.10. The Labute approximate surface area is 145 Å². The zero-order valence-corrected chi connectivity index (χ0v) is 14.7. The van der Waals surface area contributed by atoms with Gasteiger partial charge in [0.25, 0.3) is 0 Å². The molecule has 136 valence electrons. The molecule has 0 atom stereocenters. The van der Waals surface area contributed by atoms with Crippen LogP contribution in [0.1, 0.15) is 39.0 Å². The zero-order chi connectivity index (χ0) is 19.2. The van der Waals surface area contributed by atoms with Gasteiger partial charge in [-0.25, -0.2) is 4.39 Å². The fraction of sp³-hybridized carbons (Fsp3) is 0.316. The maximum atomic E-state index is 13.4. The average molecular weight is 354 g/mol. The molecule has 2 aromatic rings. The van der Waals surface area contributed by atoms with Crippen LogP contribution in [0.4, 0.5) is 17.6 Å². The highest BCUT2D eigenvalue weighted by molar-refractivity contribution is 5.67. The molecule has 2 nitrogen and oxygen atoms in total. The molecule has 2 N–H and O–H groups in total. The topological polar surface area (TPSA) is 38.9 Å². The highest BCUT2D eigenvalue weighted by Crippen LogP contribution is 2.34. The lowest BCUT2D eigenvalue weighted by atomic mass is 10.0. The Bertz CT molecular complexity index is 734. The minimum atomic E-state index is -4.74. The number of alkyl halides is 3. The molecule has 0 radical (unpaired) electrons. The molecule has 1 aromatic carbocycles. The van der Waals surface area contributed by atoms with Gasteiger partial charge in [0.15, 0.2) is 0 Å². The fourth-order valence-corrected chi connectivity index (χ4v) is 1.97. The van der Waals surface area contributed by atoms with E-state index in [1.165, 1.54) is 12.3 Å². The van der Waals surface area contributed by atoms with E-state index < -0.39 is 17.6 Å². The third-order valence-corrected chi connectivity index (χ3v) is 3.37. The molecule has 2 rings (SSSR count). The highest BCUT2D eigenvalue weighted by atomic mass is 19.4. The van der Waals surface area contributed by atoms with Gasteiger partial charge in [0.1, 0.15) is 5.82 Å². The number of nitrogens with zero attached hydrogens (tertiary/aromatic N) is 1. The van der Waals surface area contributed by atoms with Gasteiger partial charge in [-0.05, 0) is 47.4 Å². The van der Waals surface area contributed by atoms with E-state index in [4.69, 9.17) is 5.73 Å². The van der Waals surface area contributed by atoms with Gasteiger partial charge in [-0.3, -0.25) is 4.98 Å². The monoisotopic (exact) mass is 354 g/mol. The third-order valence-electron chi connectivity index (χ3n) is 3.37. The molecule has 0 aliphatic rings. The summed E-state index contributed by atoms with van der Waals surface area (Å²) in [5, 5.41) is 0. The van der Waals surface area contributed by atoms with Crippen molar-refractivity contribution in [2.75, 3.05) is 0 Å². The van der Waals surface area contributed by atoms with Crippen LogP contribution in [-0.4, -0.2) is 4.98 Å². The lowest BCUT2D eigenvalue weighted by Crippen LogP contribution is -2.08. The van der Waals surface area contributed by atoms with E-state index in [9.17, 15) is 17.6 Å². The number of benzene rings is 1. The largest absolute Gasteiger partial charge is 0.419 e. The molecule has 0 aliphatic heterocycles. The van der Waals surface area contributed by atoms with Crippen LogP contribution < -0.4 is 5.73 Å². The van der Waals surface area contributed by atoms with Crippen LogP contribution in [0.3, 0.4) is 0 Å².